The number of hydrogen-bond donors (Lipinski definition) is 1. The van der Waals surface area contributed by atoms with Crippen LogP contribution in [0, 0.1) is 13.8 Å². The largest absolute Gasteiger partial charge is 0.484 e. The molecule has 0 aliphatic rings. The highest BCUT2D eigenvalue weighted by Crippen LogP contribution is 2.27. The minimum absolute atomic E-state index is 0.175. The van der Waals surface area contributed by atoms with Crippen molar-refractivity contribution >= 4 is 28.9 Å². The molecule has 6 nitrogen and oxygen atoms in total. The SMILES string of the molecule is Cc1ccc(C(=O)Oc2ccc3ccccc3c2C=NNC(=O)COc2cccc(C)c2)cc1. The minimum atomic E-state index is -0.472. The number of aryl methyl sites for hydroxylation is 2. The second-order valence-electron chi connectivity index (χ2n) is 7.85. The smallest absolute Gasteiger partial charge is 0.343 e. The molecule has 0 aliphatic carbocycles. The fourth-order valence-electron chi connectivity index (χ4n) is 3.40. The van der Waals surface area contributed by atoms with Crippen molar-refractivity contribution < 1.29 is 19.1 Å². The Morgan fingerprint density at radius 1 is 0.882 bits per heavy atom. The van der Waals surface area contributed by atoms with Gasteiger partial charge in [-0.3, -0.25) is 4.79 Å². The molecule has 4 aromatic carbocycles. The van der Waals surface area contributed by atoms with E-state index in [1.165, 1.54) is 6.21 Å². The molecule has 34 heavy (non-hydrogen) atoms. The Morgan fingerprint density at radius 3 is 2.47 bits per heavy atom. The summed E-state index contributed by atoms with van der Waals surface area (Å²) in [6, 6.07) is 25.9. The molecule has 0 saturated heterocycles. The molecule has 1 amide bonds. The lowest BCUT2D eigenvalue weighted by Crippen LogP contribution is -2.24. The summed E-state index contributed by atoms with van der Waals surface area (Å²) in [6.45, 7) is 3.73. The van der Waals surface area contributed by atoms with Gasteiger partial charge >= 0.3 is 5.97 Å². The summed E-state index contributed by atoms with van der Waals surface area (Å²) in [5, 5.41) is 5.87. The number of hydrogen-bond acceptors (Lipinski definition) is 5. The number of benzene rings is 4. The van der Waals surface area contributed by atoms with E-state index in [9.17, 15) is 9.59 Å². The van der Waals surface area contributed by atoms with Crippen LogP contribution in [0.3, 0.4) is 0 Å². The van der Waals surface area contributed by atoms with Gasteiger partial charge in [0.15, 0.2) is 6.61 Å². The third-order valence-electron chi connectivity index (χ3n) is 5.16. The van der Waals surface area contributed by atoms with Crippen molar-refractivity contribution in [2.75, 3.05) is 6.61 Å². The quantitative estimate of drug-likeness (QED) is 0.181. The number of nitrogens with zero attached hydrogens (tertiary/aromatic N) is 1. The highest BCUT2D eigenvalue weighted by atomic mass is 16.5. The number of carbonyl (C=O) groups is 2. The van der Waals surface area contributed by atoms with Crippen LogP contribution in [0.5, 0.6) is 11.5 Å². The maximum atomic E-state index is 12.7. The average Bonchev–Trinajstić information content (AvgIpc) is 2.84. The van der Waals surface area contributed by atoms with Crippen molar-refractivity contribution in [3.05, 3.63) is 107 Å². The van der Waals surface area contributed by atoms with E-state index >= 15 is 0 Å². The molecule has 0 aliphatic heterocycles. The van der Waals surface area contributed by atoms with Gasteiger partial charge in [0.1, 0.15) is 11.5 Å². The molecule has 0 saturated carbocycles. The molecule has 0 unspecified atom stereocenters. The van der Waals surface area contributed by atoms with Crippen LogP contribution in [0.4, 0.5) is 0 Å². The zero-order valence-corrected chi connectivity index (χ0v) is 18.9. The van der Waals surface area contributed by atoms with Crippen molar-refractivity contribution in [1.82, 2.24) is 5.43 Å². The lowest BCUT2D eigenvalue weighted by Gasteiger charge is -2.11. The van der Waals surface area contributed by atoms with E-state index in [1.807, 2.05) is 74.5 Å². The lowest BCUT2D eigenvalue weighted by atomic mass is 10.0. The summed E-state index contributed by atoms with van der Waals surface area (Å²) in [4.78, 5) is 24.9. The molecule has 0 bridgehead atoms. The number of esters is 1. The van der Waals surface area contributed by atoms with Crippen molar-refractivity contribution in [1.29, 1.82) is 0 Å². The van der Waals surface area contributed by atoms with E-state index < -0.39 is 11.9 Å². The molecular weight excluding hydrogens is 428 g/mol. The standard InChI is InChI=1S/C28H24N2O4/c1-19-10-12-22(13-11-19)28(32)34-26-15-14-21-7-3-4-9-24(21)25(26)17-29-30-27(31)18-33-23-8-5-6-20(2)16-23/h3-17H,18H2,1-2H3,(H,30,31). The van der Waals surface area contributed by atoms with Crippen LogP contribution in [-0.4, -0.2) is 24.7 Å². The van der Waals surface area contributed by atoms with Gasteiger partial charge in [0.2, 0.25) is 0 Å². The van der Waals surface area contributed by atoms with Crippen molar-refractivity contribution in [2.45, 2.75) is 13.8 Å². The lowest BCUT2D eigenvalue weighted by molar-refractivity contribution is -0.123. The molecule has 6 heteroatoms. The van der Waals surface area contributed by atoms with Crippen molar-refractivity contribution in [2.24, 2.45) is 5.10 Å². The molecule has 4 rings (SSSR count). The molecule has 0 radical (unpaired) electrons. The Balaban J connectivity index is 1.50. The van der Waals surface area contributed by atoms with E-state index in [2.05, 4.69) is 10.5 Å². The van der Waals surface area contributed by atoms with E-state index in [4.69, 9.17) is 9.47 Å². The Bertz CT molecular complexity index is 1360. The van der Waals surface area contributed by atoms with Gasteiger partial charge in [-0.25, -0.2) is 10.2 Å². The zero-order valence-electron chi connectivity index (χ0n) is 18.9. The predicted octanol–water partition coefficient (Wildman–Crippen LogP) is 5.20. The first-order chi connectivity index (χ1) is 16.5. The second kappa shape index (κ2) is 10.4. The van der Waals surface area contributed by atoms with Gasteiger partial charge in [-0.1, -0.05) is 60.2 Å². The fourth-order valence-corrected chi connectivity index (χ4v) is 3.40. The Hall–Kier alpha value is -4.45. The summed E-state index contributed by atoms with van der Waals surface area (Å²) in [6.07, 6.45) is 1.48. The number of fused-ring (bicyclic) bond motifs is 1. The molecule has 0 fully saturated rings. The average molecular weight is 453 g/mol. The topological polar surface area (TPSA) is 77.0 Å². The van der Waals surface area contributed by atoms with E-state index in [0.29, 0.717) is 22.6 Å². The number of nitrogens with one attached hydrogen (secondary N) is 1. The zero-order chi connectivity index (χ0) is 23.9. The number of hydrazone groups is 1. The van der Waals surface area contributed by atoms with Gasteiger partial charge in [0.05, 0.1) is 11.8 Å². The van der Waals surface area contributed by atoms with Crippen LogP contribution in [0.2, 0.25) is 0 Å². The maximum Gasteiger partial charge on any atom is 0.343 e. The summed E-state index contributed by atoms with van der Waals surface area (Å²) in [7, 11) is 0. The van der Waals surface area contributed by atoms with E-state index in [1.54, 1.807) is 24.3 Å². The number of ether oxygens (including phenoxy) is 2. The molecule has 4 aromatic rings. The third-order valence-corrected chi connectivity index (χ3v) is 5.16. The van der Waals surface area contributed by atoms with Gasteiger partial charge < -0.3 is 9.47 Å². The predicted molar refractivity (Wildman–Crippen MR) is 132 cm³/mol. The van der Waals surface area contributed by atoms with Gasteiger partial charge in [0.25, 0.3) is 5.91 Å². The molecule has 0 heterocycles. The molecule has 0 atom stereocenters. The first kappa shape index (κ1) is 22.7. The highest BCUT2D eigenvalue weighted by molar-refractivity contribution is 6.04. The van der Waals surface area contributed by atoms with Crippen LogP contribution in [0.25, 0.3) is 10.8 Å². The van der Waals surface area contributed by atoms with Gasteiger partial charge in [-0.2, -0.15) is 5.10 Å². The molecule has 0 aromatic heterocycles. The Morgan fingerprint density at radius 2 is 1.68 bits per heavy atom. The van der Waals surface area contributed by atoms with Gasteiger partial charge in [-0.15, -0.1) is 0 Å². The number of rotatable bonds is 7. The fraction of sp³-hybridized carbons (Fsp3) is 0.107. The molecule has 0 spiro atoms. The minimum Gasteiger partial charge on any atom is -0.484 e. The number of amides is 1. The third kappa shape index (κ3) is 5.66. The van der Waals surface area contributed by atoms with Crippen molar-refractivity contribution in [3.63, 3.8) is 0 Å². The van der Waals surface area contributed by atoms with Crippen LogP contribution in [0.1, 0.15) is 27.0 Å². The summed E-state index contributed by atoms with van der Waals surface area (Å²) >= 11 is 0. The maximum absolute atomic E-state index is 12.7. The molecule has 1 N–H and O–H groups in total. The summed E-state index contributed by atoms with van der Waals surface area (Å²) in [5.74, 6) is 0.0773. The second-order valence-corrected chi connectivity index (χ2v) is 7.85. The van der Waals surface area contributed by atoms with E-state index in [-0.39, 0.29) is 6.61 Å². The first-order valence-electron chi connectivity index (χ1n) is 10.8. The molecule has 170 valence electrons. The Kier molecular flexibility index (Phi) is 6.98. The summed E-state index contributed by atoms with van der Waals surface area (Å²) in [5.41, 5.74) is 5.59. The first-order valence-corrected chi connectivity index (χ1v) is 10.8. The molecular formula is C28H24N2O4. The van der Waals surface area contributed by atoms with Crippen LogP contribution in [0.15, 0.2) is 90.0 Å². The summed E-state index contributed by atoms with van der Waals surface area (Å²) < 4.78 is 11.2. The highest BCUT2D eigenvalue weighted by Gasteiger charge is 2.13. The Labute approximate surface area is 197 Å². The van der Waals surface area contributed by atoms with Crippen molar-refractivity contribution in [3.8, 4) is 11.5 Å². The van der Waals surface area contributed by atoms with Crippen LogP contribution < -0.4 is 14.9 Å². The normalized spacial score (nSPS) is 10.9. The van der Waals surface area contributed by atoms with Crippen LogP contribution in [-0.2, 0) is 4.79 Å². The van der Waals surface area contributed by atoms with E-state index in [0.717, 1.165) is 21.9 Å². The van der Waals surface area contributed by atoms with Crippen LogP contribution >= 0.6 is 0 Å². The van der Waals surface area contributed by atoms with Gasteiger partial charge in [-0.05, 0) is 60.5 Å². The number of carbonyl (C=O) groups excluding carboxylic acids is 2. The van der Waals surface area contributed by atoms with Gasteiger partial charge in [0, 0.05) is 5.56 Å². The monoisotopic (exact) mass is 452 g/mol.